The summed E-state index contributed by atoms with van der Waals surface area (Å²) in [6.07, 6.45) is -2.49. The van der Waals surface area contributed by atoms with Crippen molar-refractivity contribution < 1.29 is 136 Å². The summed E-state index contributed by atoms with van der Waals surface area (Å²) in [6.45, 7) is 21.5. The molecule has 60 heavy (non-hydrogen) atoms. The average Bonchev–Trinajstić information content (AvgIpc) is 3.64. The molecule has 4 aliphatic carbocycles. The Balaban J connectivity index is 0.000000270. The van der Waals surface area contributed by atoms with E-state index in [1.165, 1.54) is 0 Å². The van der Waals surface area contributed by atoms with Crippen LogP contribution in [0.5, 0.6) is 0 Å². The first-order valence-electron chi connectivity index (χ1n) is 19.5. The number of Topliss-reactive ketones (excluding diaryl/α,β-unsaturated/α-hetero) is 3. The molecule has 5 heterocycles. The van der Waals surface area contributed by atoms with Crippen molar-refractivity contribution in [2.75, 3.05) is 0 Å². The van der Waals surface area contributed by atoms with Crippen LogP contribution in [0, 0.1) is 0 Å². The standard InChI is InChI=1S/C10H15FO4.C10H13FO3.C10H14O4.C10H14O3.CH4.2FH.K/c1-4-10(13)7(11)5(12)6-8(10)15-9(2,3)14-6;1-4-5-6(11)7(12)9-8(5)13-10(2,3)14-9;1-4-10-7(14-10)5(11)6-8(10)13-9(2,3)12-6;1-4-6-5-7(11)9-8(6)12-10(2,3)13-9;;;;/h6-8,13H,4H2,1-3H3;8-9H,4H2,1-3H3;6-8H,4H2,1-3H3;5,8-9H,4H2,1-3H3;1H4;2*1H;/q;;;;;;;+1/p-2/t6-,7?,8-,10?;8-,9+;6-,7?,8-,10?;8-,9+;;;;/m0101..../s1. The van der Waals surface area contributed by atoms with Gasteiger partial charge in [0.05, 0.1) is 0 Å². The van der Waals surface area contributed by atoms with Gasteiger partial charge in [0, 0.05) is 5.57 Å². The molecule has 5 aliphatic heterocycles. The van der Waals surface area contributed by atoms with Crippen LogP contribution in [0.15, 0.2) is 23.0 Å². The number of epoxide rings is 1. The molecule has 0 amide bonds. The van der Waals surface area contributed by atoms with Crippen molar-refractivity contribution in [1.82, 2.24) is 0 Å². The minimum Gasteiger partial charge on any atom is -1.00 e. The number of carbonyl (C=O) groups excluding carboxylic acids is 4. The molecular formula is C41H60F4KO14-. The number of hydrogen-bond acceptors (Lipinski definition) is 14. The second-order valence-corrected chi connectivity index (χ2v) is 17.3. The summed E-state index contributed by atoms with van der Waals surface area (Å²) in [6, 6.07) is 0. The fraction of sp³-hybridized carbons (Fsp3) is 0.805. The maximum atomic E-state index is 13.6. The molecule has 9 aliphatic rings. The largest absolute Gasteiger partial charge is 1.00 e. The molecule has 12 atom stereocenters. The number of hydrogen-bond donors (Lipinski definition) is 1. The van der Waals surface area contributed by atoms with E-state index in [4.69, 9.17) is 42.6 Å². The predicted molar refractivity (Wildman–Crippen MR) is 197 cm³/mol. The van der Waals surface area contributed by atoms with Gasteiger partial charge in [0.1, 0.15) is 35.6 Å². The van der Waals surface area contributed by atoms with Crippen LogP contribution in [0.4, 0.5) is 8.78 Å². The monoisotopic (exact) mass is 891 g/mol. The van der Waals surface area contributed by atoms with Crippen LogP contribution in [0.25, 0.3) is 0 Å². The van der Waals surface area contributed by atoms with Crippen molar-refractivity contribution >= 4 is 23.1 Å². The molecule has 338 valence electrons. The van der Waals surface area contributed by atoms with Crippen LogP contribution in [0.1, 0.15) is 116 Å². The molecule has 19 heteroatoms. The second kappa shape index (κ2) is 18.9. The Bertz CT molecular complexity index is 1720. The van der Waals surface area contributed by atoms with Crippen LogP contribution < -0.4 is 60.8 Å². The van der Waals surface area contributed by atoms with Gasteiger partial charge in [-0.3, -0.25) is 19.2 Å². The predicted octanol–water partition coefficient (Wildman–Crippen LogP) is -4.00. The SMILES string of the molecule is C.CCC1(O)C(F)C(=O)[C@@H]2OC(C)(C)O[C@@H]21.CCC12OC1C(=O)[C@@H]1OC(C)(C)O[C@@H]12.CCC1=C(F)C(=O)[C@@H]2OC(C)(C)O[C@H]12.CCC1=CC(=O)[C@@H]2OC(C)(C)O[C@H]12.[F-].[F-].[K+]. The molecule has 5 saturated heterocycles. The number of aliphatic hydroxyl groups is 1. The van der Waals surface area contributed by atoms with Gasteiger partial charge in [0.2, 0.25) is 11.6 Å². The molecule has 0 spiro atoms. The Morgan fingerprint density at radius 1 is 0.600 bits per heavy atom. The van der Waals surface area contributed by atoms with Gasteiger partial charge in [-0.1, -0.05) is 35.1 Å². The number of fused-ring (bicyclic) bond motifs is 6. The number of carbonyl (C=O) groups is 4. The molecule has 0 radical (unpaired) electrons. The summed E-state index contributed by atoms with van der Waals surface area (Å²) in [5, 5.41) is 10.0. The topological polar surface area (TPSA) is 175 Å². The Morgan fingerprint density at radius 2 is 1.05 bits per heavy atom. The minimum atomic E-state index is -1.91. The molecule has 0 bridgehead atoms. The van der Waals surface area contributed by atoms with Gasteiger partial charge >= 0.3 is 51.4 Å². The van der Waals surface area contributed by atoms with Crippen LogP contribution >= 0.6 is 0 Å². The molecule has 2 saturated carbocycles. The average molecular weight is 892 g/mol. The molecule has 0 aromatic carbocycles. The fourth-order valence-corrected chi connectivity index (χ4v) is 8.76. The Labute approximate surface area is 391 Å². The van der Waals surface area contributed by atoms with Crippen molar-refractivity contribution in [2.45, 2.75) is 212 Å². The number of rotatable bonds is 4. The summed E-state index contributed by atoms with van der Waals surface area (Å²) in [5.74, 6) is -4.83. The van der Waals surface area contributed by atoms with E-state index in [-0.39, 0.29) is 116 Å². The van der Waals surface area contributed by atoms with Gasteiger partial charge in [-0.15, -0.1) is 0 Å². The summed E-state index contributed by atoms with van der Waals surface area (Å²) in [4.78, 5) is 46.1. The fourth-order valence-electron chi connectivity index (χ4n) is 8.76. The summed E-state index contributed by atoms with van der Waals surface area (Å²) >= 11 is 0. The zero-order valence-electron chi connectivity index (χ0n) is 35.9. The number of ether oxygens (including phenoxy) is 9. The van der Waals surface area contributed by atoms with Crippen LogP contribution in [0.3, 0.4) is 0 Å². The molecule has 1 N–H and O–H groups in total. The van der Waals surface area contributed by atoms with Crippen molar-refractivity contribution in [3.05, 3.63) is 23.0 Å². The van der Waals surface area contributed by atoms with E-state index in [0.29, 0.717) is 12.0 Å². The molecule has 0 aromatic rings. The van der Waals surface area contributed by atoms with E-state index < -0.39 is 82.8 Å². The van der Waals surface area contributed by atoms with Gasteiger partial charge in [-0.05, 0) is 92.7 Å². The number of halogens is 4. The van der Waals surface area contributed by atoms with Crippen LogP contribution in [-0.2, 0) is 61.8 Å². The quantitative estimate of drug-likeness (QED) is 0.164. The van der Waals surface area contributed by atoms with Gasteiger partial charge in [-0.2, -0.15) is 0 Å². The molecule has 14 nitrogen and oxygen atoms in total. The minimum absolute atomic E-state index is 0. The second-order valence-electron chi connectivity index (χ2n) is 17.3. The molecular weight excluding hydrogens is 832 g/mol. The van der Waals surface area contributed by atoms with Crippen LogP contribution in [-0.4, -0.2) is 124 Å². The Morgan fingerprint density at radius 3 is 1.55 bits per heavy atom. The Kier molecular flexibility index (Phi) is 17.4. The maximum Gasteiger partial charge on any atom is 1.00 e. The third-order valence-electron chi connectivity index (χ3n) is 11.6. The maximum absolute atomic E-state index is 13.6. The summed E-state index contributed by atoms with van der Waals surface area (Å²) in [5.41, 5.74) is -0.614. The van der Waals surface area contributed by atoms with E-state index in [1.54, 1.807) is 47.6 Å². The third kappa shape index (κ3) is 9.71. The number of alkyl halides is 1. The Hall–Kier alpha value is -0.884. The van der Waals surface area contributed by atoms with E-state index in [2.05, 4.69) is 0 Å². The van der Waals surface area contributed by atoms with Gasteiger partial charge in [0.25, 0.3) is 0 Å². The smallest absolute Gasteiger partial charge is 1.00 e. The van der Waals surface area contributed by atoms with Gasteiger partial charge < -0.3 is 57.1 Å². The van der Waals surface area contributed by atoms with Crippen LogP contribution in [0.2, 0.25) is 0 Å². The third-order valence-corrected chi connectivity index (χ3v) is 11.6. The van der Waals surface area contributed by atoms with E-state index in [9.17, 15) is 33.1 Å². The van der Waals surface area contributed by atoms with Crippen molar-refractivity contribution in [3.63, 3.8) is 0 Å². The van der Waals surface area contributed by atoms with E-state index >= 15 is 0 Å². The first-order valence-corrected chi connectivity index (χ1v) is 19.5. The van der Waals surface area contributed by atoms with Crippen molar-refractivity contribution in [3.8, 4) is 0 Å². The van der Waals surface area contributed by atoms with Crippen molar-refractivity contribution in [1.29, 1.82) is 0 Å². The summed E-state index contributed by atoms with van der Waals surface area (Å²) in [7, 11) is 0. The summed E-state index contributed by atoms with van der Waals surface area (Å²) < 4.78 is 76.3. The number of ketones is 4. The zero-order chi connectivity index (χ0) is 41.7. The molecule has 4 unspecified atom stereocenters. The van der Waals surface area contributed by atoms with Gasteiger partial charge in [-0.25, -0.2) is 8.78 Å². The van der Waals surface area contributed by atoms with E-state index in [0.717, 1.165) is 18.4 Å². The van der Waals surface area contributed by atoms with E-state index in [1.807, 2.05) is 41.5 Å². The zero-order valence-corrected chi connectivity index (χ0v) is 39.1. The molecule has 9 rings (SSSR count). The molecule has 0 aromatic heterocycles. The van der Waals surface area contributed by atoms with Gasteiger partial charge in [0.15, 0.2) is 77.2 Å². The molecule has 7 fully saturated rings. The first-order chi connectivity index (χ1) is 25.8. The first kappa shape index (κ1) is 55.2. The van der Waals surface area contributed by atoms with Crippen molar-refractivity contribution in [2.24, 2.45) is 0 Å². The normalized spacial score (nSPS) is 40.5.